The highest BCUT2D eigenvalue weighted by Gasteiger charge is 2.39. The third-order valence-corrected chi connectivity index (χ3v) is 5.83. The van der Waals surface area contributed by atoms with Crippen LogP contribution in [0.2, 0.25) is 0 Å². The van der Waals surface area contributed by atoms with E-state index >= 15 is 0 Å². The average molecular weight is 421 g/mol. The van der Waals surface area contributed by atoms with Crippen molar-refractivity contribution in [3.8, 4) is 0 Å². The molecule has 0 aromatic carbocycles. The van der Waals surface area contributed by atoms with Crippen molar-refractivity contribution in [1.82, 2.24) is 24.7 Å². The van der Waals surface area contributed by atoms with Crippen molar-refractivity contribution in [3.63, 3.8) is 0 Å². The van der Waals surface area contributed by atoms with Crippen molar-refractivity contribution in [1.29, 1.82) is 0 Å². The number of alkyl halides is 3. The number of nitrogens with one attached hydrogen (secondary N) is 2. The van der Waals surface area contributed by atoms with Crippen LogP contribution in [0.4, 0.5) is 24.7 Å². The first-order valence-corrected chi connectivity index (χ1v) is 9.84. The quantitative estimate of drug-likeness (QED) is 0.560. The van der Waals surface area contributed by atoms with Crippen LogP contribution < -0.4 is 15.5 Å². The number of anilines is 2. The molecular formula is C19H22F3N7O. The summed E-state index contributed by atoms with van der Waals surface area (Å²) in [5, 5.41) is 24.8. The number of hydrogen-bond acceptors (Lipinski definition) is 6. The van der Waals surface area contributed by atoms with Gasteiger partial charge in [-0.1, -0.05) is 0 Å². The molecule has 0 amide bonds. The van der Waals surface area contributed by atoms with Crippen LogP contribution in [0.5, 0.6) is 0 Å². The molecule has 0 spiro atoms. The lowest BCUT2D eigenvalue weighted by Gasteiger charge is -2.36. The average Bonchev–Trinajstić information content (AvgIpc) is 3.34. The second-order valence-electron chi connectivity index (χ2n) is 7.85. The fourth-order valence-electron chi connectivity index (χ4n) is 4.52. The monoisotopic (exact) mass is 421 g/mol. The molecule has 30 heavy (non-hydrogen) atoms. The molecule has 5 rings (SSSR count). The zero-order valence-electron chi connectivity index (χ0n) is 16.3. The van der Waals surface area contributed by atoms with Gasteiger partial charge in [0.05, 0.1) is 16.9 Å². The fourth-order valence-corrected chi connectivity index (χ4v) is 4.52. The SMILES string of the molecule is Cn1cc(NC(O)c2ccc3ccc(N4C5CCC4CNC5)nn23)c(C(F)(F)F)n1. The van der Waals surface area contributed by atoms with Crippen LogP contribution in [0.15, 0.2) is 30.5 Å². The van der Waals surface area contributed by atoms with Crippen molar-refractivity contribution in [2.45, 2.75) is 37.3 Å². The second kappa shape index (κ2) is 6.88. The predicted molar refractivity (Wildman–Crippen MR) is 104 cm³/mol. The molecule has 2 saturated heterocycles. The molecule has 0 aliphatic carbocycles. The first-order valence-electron chi connectivity index (χ1n) is 9.84. The number of halogens is 3. The number of nitrogens with zero attached hydrogens (tertiary/aromatic N) is 5. The zero-order chi connectivity index (χ0) is 21.0. The molecule has 3 atom stereocenters. The Bertz CT molecular complexity index is 1060. The van der Waals surface area contributed by atoms with Crippen molar-refractivity contribution >= 4 is 17.0 Å². The molecule has 3 N–H and O–H groups in total. The molecule has 11 heteroatoms. The normalized spacial score (nSPS) is 22.6. The van der Waals surface area contributed by atoms with Crippen LogP contribution in [0.3, 0.4) is 0 Å². The number of piperazine rings is 1. The first-order chi connectivity index (χ1) is 14.3. The highest BCUT2D eigenvalue weighted by molar-refractivity contribution is 5.56. The van der Waals surface area contributed by atoms with Crippen molar-refractivity contribution < 1.29 is 18.3 Å². The zero-order valence-corrected chi connectivity index (χ0v) is 16.3. The van der Waals surface area contributed by atoms with E-state index in [2.05, 4.69) is 20.6 Å². The van der Waals surface area contributed by atoms with Crippen LogP contribution in [-0.4, -0.2) is 49.7 Å². The van der Waals surface area contributed by atoms with Gasteiger partial charge in [0.15, 0.2) is 11.9 Å². The molecule has 2 aliphatic rings. The molecule has 160 valence electrons. The smallest absolute Gasteiger partial charge is 0.368 e. The van der Waals surface area contributed by atoms with E-state index in [0.29, 0.717) is 17.8 Å². The number of aliphatic hydroxyl groups excluding tert-OH is 1. The van der Waals surface area contributed by atoms with Gasteiger partial charge in [0.1, 0.15) is 5.82 Å². The molecule has 0 saturated carbocycles. The molecule has 8 nitrogen and oxygen atoms in total. The molecule has 0 radical (unpaired) electrons. The Kier molecular flexibility index (Phi) is 4.40. The van der Waals surface area contributed by atoms with E-state index in [1.165, 1.54) is 13.2 Å². The highest BCUT2D eigenvalue weighted by atomic mass is 19.4. The summed E-state index contributed by atoms with van der Waals surface area (Å²) in [6, 6.07) is 8.04. The molecule has 2 aliphatic heterocycles. The summed E-state index contributed by atoms with van der Waals surface area (Å²) in [5.74, 6) is 0.804. The van der Waals surface area contributed by atoms with E-state index in [1.54, 1.807) is 16.6 Å². The number of aliphatic hydroxyl groups is 1. The molecule has 2 fully saturated rings. The van der Waals surface area contributed by atoms with E-state index < -0.39 is 18.1 Å². The Balaban J connectivity index is 1.46. The molecule has 3 aromatic heterocycles. The summed E-state index contributed by atoms with van der Waals surface area (Å²) in [6.07, 6.45) is -2.63. The molecular weight excluding hydrogens is 399 g/mol. The number of hydrogen-bond donors (Lipinski definition) is 3. The van der Waals surface area contributed by atoms with Crippen LogP contribution in [0.1, 0.15) is 30.5 Å². The standard InChI is InChI=1S/C19H22F3N7O/c1-27-10-14(17(26-27)19(20,21)22)24-18(30)15-6-4-11-5-7-16(25-29(11)15)28-12-2-3-13(28)9-23-8-12/h4-7,10,12-13,18,23-24,30H,2-3,8-9H2,1H3. The molecule has 3 unspecified atom stereocenters. The van der Waals surface area contributed by atoms with Gasteiger partial charge >= 0.3 is 6.18 Å². The Morgan fingerprint density at radius 2 is 1.83 bits per heavy atom. The summed E-state index contributed by atoms with van der Waals surface area (Å²) in [4.78, 5) is 2.31. The van der Waals surface area contributed by atoms with Gasteiger partial charge in [0, 0.05) is 38.4 Å². The summed E-state index contributed by atoms with van der Waals surface area (Å²) < 4.78 is 42.3. The van der Waals surface area contributed by atoms with E-state index in [4.69, 9.17) is 5.10 Å². The van der Waals surface area contributed by atoms with Gasteiger partial charge < -0.3 is 20.6 Å². The lowest BCUT2D eigenvalue weighted by molar-refractivity contribution is -0.140. The van der Waals surface area contributed by atoms with Gasteiger partial charge in [-0.2, -0.15) is 18.3 Å². The Morgan fingerprint density at radius 3 is 2.53 bits per heavy atom. The minimum Gasteiger partial charge on any atom is -0.368 e. The van der Waals surface area contributed by atoms with Gasteiger partial charge in [-0.05, 0) is 37.1 Å². The number of aromatic nitrogens is 4. The Hall–Kier alpha value is -2.79. The Labute approximate surface area is 170 Å². The number of fused-ring (bicyclic) bond motifs is 3. The van der Waals surface area contributed by atoms with Crippen LogP contribution >= 0.6 is 0 Å². The second-order valence-corrected chi connectivity index (χ2v) is 7.85. The highest BCUT2D eigenvalue weighted by Crippen LogP contribution is 2.35. The summed E-state index contributed by atoms with van der Waals surface area (Å²) in [6.45, 7) is 1.81. The number of rotatable bonds is 4. The maximum atomic E-state index is 13.2. The molecule has 2 bridgehead atoms. The van der Waals surface area contributed by atoms with Gasteiger partial charge in [-0.3, -0.25) is 4.68 Å². The van der Waals surface area contributed by atoms with Crippen LogP contribution in [0.25, 0.3) is 5.52 Å². The van der Waals surface area contributed by atoms with Crippen molar-refractivity contribution in [2.75, 3.05) is 23.3 Å². The maximum absolute atomic E-state index is 13.2. The maximum Gasteiger partial charge on any atom is 0.437 e. The van der Waals surface area contributed by atoms with Crippen LogP contribution in [0, 0.1) is 0 Å². The minimum atomic E-state index is -4.63. The first kappa shape index (κ1) is 19.2. The lowest BCUT2D eigenvalue weighted by Crippen LogP contribution is -2.52. The third kappa shape index (κ3) is 3.18. The van der Waals surface area contributed by atoms with Gasteiger partial charge in [0.25, 0.3) is 0 Å². The van der Waals surface area contributed by atoms with Gasteiger partial charge in [0.2, 0.25) is 0 Å². The topological polar surface area (TPSA) is 82.6 Å². The van der Waals surface area contributed by atoms with Crippen molar-refractivity contribution in [2.24, 2.45) is 7.05 Å². The van der Waals surface area contributed by atoms with Gasteiger partial charge in [-0.25, -0.2) is 4.52 Å². The Morgan fingerprint density at radius 1 is 1.13 bits per heavy atom. The molecule has 3 aromatic rings. The van der Waals surface area contributed by atoms with E-state index in [9.17, 15) is 18.3 Å². The number of aryl methyl sites for hydroxylation is 1. The summed E-state index contributed by atoms with van der Waals surface area (Å²) in [7, 11) is 1.40. The summed E-state index contributed by atoms with van der Waals surface area (Å²) >= 11 is 0. The van der Waals surface area contributed by atoms with Gasteiger partial charge in [-0.15, -0.1) is 5.10 Å². The predicted octanol–water partition coefficient (Wildman–Crippen LogP) is 2.13. The largest absolute Gasteiger partial charge is 0.437 e. The fraction of sp³-hybridized carbons (Fsp3) is 0.474. The molecule has 5 heterocycles. The van der Waals surface area contributed by atoms with E-state index in [-0.39, 0.29) is 5.69 Å². The van der Waals surface area contributed by atoms with Crippen molar-refractivity contribution in [3.05, 3.63) is 41.9 Å². The van der Waals surface area contributed by atoms with E-state index in [1.807, 2.05) is 12.1 Å². The van der Waals surface area contributed by atoms with E-state index in [0.717, 1.165) is 41.9 Å². The summed E-state index contributed by atoms with van der Waals surface area (Å²) in [5.41, 5.74) is -0.259. The lowest BCUT2D eigenvalue weighted by atomic mass is 10.2. The minimum absolute atomic E-state index is 0.288. The van der Waals surface area contributed by atoms with Crippen LogP contribution in [-0.2, 0) is 13.2 Å². The third-order valence-electron chi connectivity index (χ3n) is 5.83.